The number of fused-ring (bicyclic) bond motifs is 1. The minimum atomic E-state index is -0.112. The Kier molecular flexibility index (Phi) is 9.59. The van der Waals surface area contributed by atoms with Crippen molar-refractivity contribution in [3.63, 3.8) is 0 Å². The van der Waals surface area contributed by atoms with Crippen LogP contribution in [-0.2, 0) is 16.1 Å². The van der Waals surface area contributed by atoms with Crippen LogP contribution < -0.4 is 24.3 Å². The molecule has 0 atom stereocenters. The number of benzene rings is 2. The standard InChI is InChI=1S/C34H39N3O7/c1-22-27(26-9-8-24(40-3)18-29(26)28(22)19-32(38)35-20-25-7-6-14-43-25)15-23-16-30(41-4)34(31(17-23)42-5)44-21-33(39)37-12-10-36(2)11-13-37/h6-9,14-18H,10-13,19-21H2,1-5H3,(H,35,38)/b27-15-. The fourth-order valence-electron chi connectivity index (χ4n) is 5.51. The Morgan fingerprint density at radius 3 is 2.32 bits per heavy atom. The summed E-state index contributed by atoms with van der Waals surface area (Å²) in [6.45, 7) is 5.25. The number of carbonyl (C=O) groups is 2. The van der Waals surface area contributed by atoms with Gasteiger partial charge in [0.25, 0.3) is 5.91 Å². The van der Waals surface area contributed by atoms with Gasteiger partial charge in [0, 0.05) is 26.2 Å². The Bertz CT molecular complexity index is 1540. The molecule has 0 radical (unpaired) electrons. The molecule has 2 amide bonds. The first-order chi connectivity index (χ1) is 21.3. The van der Waals surface area contributed by atoms with E-state index in [4.69, 9.17) is 23.4 Å². The van der Waals surface area contributed by atoms with Crippen molar-refractivity contribution < 1.29 is 33.0 Å². The van der Waals surface area contributed by atoms with Gasteiger partial charge in [0.15, 0.2) is 18.1 Å². The molecule has 0 unspecified atom stereocenters. The Balaban J connectivity index is 1.41. The Labute approximate surface area is 257 Å². The molecular weight excluding hydrogens is 562 g/mol. The van der Waals surface area contributed by atoms with Crippen molar-refractivity contribution in [3.05, 3.63) is 76.8 Å². The van der Waals surface area contributed by atoms with Crippen LogP contribution in [0.25, 0.3) is 17.2 Å². The van der Waals surface area contributed by atoms with Crippen LogP contribution in [0, 0.1) is 0 Å². The molecule has 1 N–H and O–H groups in total. The lowest BCUT2D eigenvalue weighted by Crippen LogP contribution is -2.48. The van der Waals surface area contributed by atoms with Crippen LogP contribution >= 0.6 is 0 Å². The summed E-state index contributed by atoms with van der Waals surface area (Å²) < 4.78 is 28.2. The van der Waals surface area contributed by atoms with E-state index in [-0.39, 0.29) is 24.8 Å². The van der Waals surface area contributed by atoms with Gasteiger partial charge in [-0.1, -0.05) is 6.07 Å². The first-order valence-corrected chi connectivity index (χ1v) is 14.6. The lowest BCUT2D eigenvalue weighted by molar-refractivity contribution is -0.135. The highest BCUT2D eigenvalue weighted by Gasteiger charge is 2.27. The van der Waals surface area contributed by atoms with E-state index in [1.54, 1.807) is 33.7 Å². The average molecular weight is 602 g/mol. The highest BCUT2D eigenvalue weighted by atomic mass is 16.5. The number of piperazine rings is 1. The van der Waals surface area contributed by atoms with Gasteiger partial charge in [0.2, 0.25) is 11.7 Å². The van der Waals surface area contributed by atoms with Gasteiger partial charge < -0.3 is 38.5 Å². The molecule has 1 aliphatic carbocycles. The number of nitrogens with one attached hydrogen (secondary N) is 1. The molecule has 0 spiro atoms. The summed E-state index contributed by atoms with van der Waals surface area (Å²) in [4.78, 5) is 29.8. The second-order valence-electron chi connectivity index (χ2n) is 10.8. The molecule has 2 aromatic carbocycles. The number of allylic oxidation sites excluding steroid dienone is 2. The molecule has 3 aromatic rings. The summed E-state index contributed by atoms with van der Waals surface area (Å²) in [5.41, 5.74) is 5.63. The van der Waals surface area contributed by atoms with E-state index in [0.717, 1.165) is 46.5 Å². The normalized spacial score (nSPS) is 15.8. The highest BCUT2D eigenvalue weighted by Crippen LogP contribution is 2.46. The first kappa shape index (κ1) is 30.7. The van der Waals surface area contributed by atoms with Crippen molar-refractivity contribution in [2.45, 2.75) is 19.9 Å². The number of amides is 2. The molecule has 1 aliphatic heterocycles. The maximum Gasteiger partial charge on any atom is 0.260 e. The number of carbonyl (C=O) groups excluding carboxylic acids is 2. The molecule has 2 aliphatic rings. The Morgan fingerprint density at radius 2 is 1.68 bits per heavy atom. The summed E-state index contributed by atoms with van der Waals surface area (Å²) in [6, 6.07) is 13.2. The fourth-order valence-corrected chi connectivity index (χ4v) is 5.51. The van der Waals surface area contributed by atoms with Crippen molar-refractivity contribution in [1.82, 2.24) is 15.1 Å². The largest absolute Gasteiger partial charge is 0.497 e. The molecule has 5 rings (SSSR count). The topological polar surface area (TPSA) is 103 Å². The van der Waals surface area contributed by atoms with Crippen molar-refractivity contribution in [1.29, 1.82) is 0 Å². The average Bonchev–Trinajstić information content (AvgIpc) is 3.65. The molecule has 0 bridgehead atoms. The summed E-state index contributed by atoms with van der Waals surface area (Å²) in [6.07, 6.45) is 3.82. The fraction of sp³-hybridized carbons (Fsp3) is 0.353. The molecule has 0 saturated carbocycles. The highest BCUT2D eigenvalue weighted by molar-refractivity contribution is 6.08. The Morgan fingerprint density at radius 1 is 0.955 bits per heavy atom. The summed E-state index contributed by atoms with van der Waals surface area (Å²) in [5, 5.41) is 2.94. The van der Waals surface area contributed by atoms with Gasteiger partial charge in [0.1, 0.15) is 11.5 Å². The first-order valence-electron chi connectivity index (χ1n) is 14.6. The molecule has 1 saturated heterocycles. The van der Waals surface area contributed by atoms with E-state index in [2.05, 4.69) is 10.2 Å². The maximum atomic E-state index is 13.0. The number of nitrogens with zero attached hydrogens (tertiary/aromatic N) is 2. The second kappa shape index (κ2) is 13.7. The molecule has 1 aromatic heterocycles. The molecule has 2 heterocycles. The van der Waals surface area contributed by atoms with E-state index in [1.165, 1.54) is 0 Å². The molecule has 10 nitrogen and oxygen atoms in total. The Hall–Kier alpha value is -4.70. The van der Waals surface area contributed by atoms with Gasteiger partial charge in [0.05, 0.1) is 40.6 Å². The lowest BCUT2D eigenvalue weighted by Gasteiger charge is -2.32. The number of methoxy groups -OCH3 is 3. The van der Waals surface area contributed by atoms with Gasteiger partial charge in [-0.3, -0.25) is 9.59 Å². The molecule has 44 heavy (non-hydrogen) atoms. The van der Waals surface area contributed by atoms with Gasteiger partial charge in [-0.05, 0) is 89.9 Å². The monoisotopic (exact) mass is 601 g/mol. The molecular formula is C34H39N3O7. The van der Waals surface area contributed by atoms with Gasteiger partial charge >= 0.3 is 0 Å². The third-order valence-electron chi connectivity index (χ3n) is 8.07. The van der Waals surface area contributed by atoms with Gasteiger partial charge in [-0.25, -0.2) is 0 Å². The number of rotatable bonds is 11. The third-order valence-corrected chi connectivity index (χ3v) is 8.07. The van der Waals surface area contributed by atoms with Crippen molar-refractivity contribution in [2.75, 3.05) is 61.2 Å². The van der Waals surface area contributed by atoms with Crippen LogP contribution in [0.3, 0.4) is 0 Å². The zero-order valence-corrected chi connectivity index (χ0v) is 25.9. The van der Waals surface area contributed by atoms with Gasteiger partial charge in [-0.2, -0.15) is 0 Å². The van der Waals surface area contributed by atoms with Crippen LogP contribution in [0.2, 0.25) is 0 Å². The number of hydrogen-bond donors (Lipinski definition) is 1. The van der Waals surface area contributed by atoms with Crippen LogP contribution in [0.1, 0.15) is 35.8 Å². The smallest absolute Gasteiger partial charge is 0.260 e. The summed E-state index contributed by atoms with van der Waals surface area (Å²) in [5.74, 6) is 2.50. The van der Waals surface area contributed by atoms with Gasteiger partial charge in [-0.15, -0.1) is 0 Å². The summed E-state index contributed by atoms with van der Waals surface area (Å²) >= 11 is 0. The van der Waals surface area contributed by atoms with Crippen molar-refractivity contribution in [3.8, 4) is 23.0 Å². The van der Waals surface area contributed by atoms with Crippen LogP contribution in [0.15, 0.2) is 58.7 Å². The quantitative estimate of drug-likeness (QED) is 0.343. The van der Waals surface area contributed by atoms with Crippen molar-refractivity contribution in [2.24, 2.45) is 0 Å². The van der Waals surface area contributed by atoms with Crippen LogP contribution in [0.5, 0.6) is 23.0 Å². The minimum Gasteiger partial charge on any atom is -0.497 e. The predicted octanol–water partition coefficient (Wildman–Crippen LogP) is 4.49. The SMILES string of the molecule is COc1ccc2c(c1)C(CC(=O)NCc1ccco1)=C(C)/C2=C/c1cc(OC)c(OCC(=O)N2CCN(C)CC2)c(OC)c1. The summed E-state index contributed by atoms with van der Waals surface area (Å²) in [7, 11) is 6.79. The number of likely N-dealkylation sites (N-methyl/N-ethyl adjacent to an activating group) is 1. The van der Waals surface area contributed by atoms with Crippen LogP contribution in [-0.4, -0.2) is 82.8 Å². The van der Waals surface area contributed by atoms with E-state index < -0.39 is 0 Å². The number of furan rings is 1. The van der Waals surface area contributed by atoms with Crippen LogP contribution in [0.4, 0.5) is 0 Å². The molecule has 1 fully saturated rings. The number of hydrogen-bond acceptors (Lipinski definition) is 8. The lowest BCUT2D eigenvalue weighted by atomic mass is 10.00. The zero-order valence-electron chi connectivity index (χ0n) is 25.9. The van der Waals surface area contributed by atoms with E-state index in [9.17, 15) is 9.59 Å². The van der Waals surface area contributed by atoms with Crippen molar-refractivity contribution >= 4 is 29.0 Å². The minimum absolute atomic E-state index is 0.0760. The second-order valence-corrected chi connectivity index (χ2v) is 10.8. The van der Waals surface area contributed by atoms with E-state index >= 15 is 0 Å². The van der Waals surface area contributed by atoms with E-state index in [1.807, 2.05) is 61.3 Å². The predicted molar refractivity (Wildman–Crippen MR) is 168 cm³/mol. The zero-order chi connectivity index (χ0) is 31.2. The van der Waals surface area contributed by atoms with E-state index in [0.29, 0.717) is 48.4 Å². The third kappa shape index (κ3) is 6.75. The molecule has 232 valence electrons. The molecule has 10 heteroatoms. The number of ether oxygens (including phenoxy) is 4. The maximum absolute atomic E-state index is 13.0.